The number of hydrogen-bond donors (Lipinski definition) is 2. The molecule has 2 N–H and O–H groups in total. The second-order valence-corrected chi connectivity index (χ2v) is 9.46. The minimum Gasteiger partial charge on any atom is -0.496 e. The zero-order valence-corrected chi connectivity index (χ0v) is 18.9. The van der Waals surface area contributed by atoms with Gasteiger partial charge in [0.1, 0.15) is 5.75 Å². The standard InChI is InChI=1S/C23H21F3N4O2S/c1-22(2)11-14(22)5-7-19-29-30-21(33-19)28-20(31)15-8-9-27-12-17(15)16-10-13(23(24,25)26)4-6-18(16)32-3/h4,6,8-10,12,14,19,29H,11H2,1-3H3,(H,28,30,31). The van der Waals surface area contributed by atoms with Crippen LogP contribution in [0.4, 0.5) is 13.2 Å². The zero-order valence-electron chi connectivity index (χ0n) is 18.1. The van der Waals surface area contributed by atoms with Gasteiger partial charge >= 0.3 is 6.18 Å². The van der Waals surface area contributed by atoms with Gasteiger partial charge in [-0.15, -0.1) is 0 Å². The van der Waals surface area contributed by atoms with Crippen LogP contribution in [0.2, 0.25) is 0 Å². The Bertz CT molecular complexity index is 1180. The van der Waals surface area contributed by atoms with Gasteiger partial charge in [0.15, 0.2) is 10.5 Å². The van der Waals surface area contributed by atoms with Gasteiger partial charge in [-0.1, -0.05) is 25.7 Å². The molecule has 0 bridgehead atoms. The summed E-state index contributed by atoms with van der Waals surface area (Å²) in [5.41, 5.74) is 2.72. The van der Waals surface area contributed by atoms with E-state index in [0.29, 0.717) is 11.1 Å². The normalized spacial score (nSPS) is 20.7. The number of hydrazone groups is 1. The third kappa shape index (κ3) is 5.09. The molecule has 33 heavy (non-hydrogen) atoms. The van der Waals surface area contributed by atoms with Crippen molar-refractivity contribution < 1.29 is 22.7 Å². The first-order chi connectivity index (χ1) is 15.6. The van der Waals surface area contributed by atoms with Crippen LogP contribution in [-0.2, 0) is 6.18 Å². The summed E-state index contributed by atoms with van der Waals surface area (Å²) in [6, 6.07) is 4.53. The van der Waals surface area contributed by atoms with Crippen molar-refractivity contribution in [3.8, 4) is 28.7 Å². The topological polar surface area (TPSA) is 75.6 Å². The summed E-state index contributed by atoms with van der Waals surface area (Å²) in [4.78, 5) is 17.0. The molecule has 6 nitrogen and oxygen atoms in total. The number of nitrogens with one attached hydrogen (secondary N) is 2. The van der Waals surface area contributed by atoms with Crippen molar-refractivity contribution in [1.82, 2.24) is 15.7 Å². The van der Waals surface area contributed by atoms with Crippen LogP contribution in [0.1, 0.15) is 36.2 Å². The van der Waals surface area contributed by atoms with E-state index in [1.54, 1.807) is 0 Å². The summed E-state index contributed by atoms with van der Waals surface area (Å²) in [6.45, 7) is 4.32. The van der Waals surface area contributed by atoms with Gasteiger partial charge in [0, 0.05) is 29.4 Å². The molecule has 10 heteroatoms. The Hall–Kier alpha value is -3.19. The number of carbonyl (C=O) groups is 1. The summed E-state index contributed by atoms with van der Waals surface area (Å²) < 4.78 is 45.1. The minimum absolute atomic E-state index is 0.112. The molecule has 0 spiro atoms. The fourth-order valence-corrected chi connectivity index (χ4v) is 4.07. The van der Waals surface area contributed by atoms with Crippen LogP contribution in [0.25, 0.3) is 11.1 Å². The molecule has 1 aliphatic carbocycles. The van der Waals surface area contributed by atoms with E-state index in [4.69, 9.17) is 4.74 Å². The Morgan fingerprint density at radius 1 is 1.27 bits per heavy atom. The fourth-order valence-electron chi connectivity index (χ4n) is 3.36. The smallest absolute Gasteiger partial charge is 0.416 e. The molecule has 2 aromatic rings. The van der Waals surface area contributed by atoms with E-state index in [0.717, 1.165) is 18.6 Å². The number of thioether (sulfide) groups is 1. The van der Waals surface area contributed by atoms with E-state index in [1.807, 2.05) is 0 Å². The molecular weight excluding hydrogens is 453 g/mol. The molecule has 172 valence electrons. The number of pyridine rings is 1. The lowest BCUT2D eigenvalue weighted by Crippen LogP contribution is -2.28. The van der Waals surface area contributed by atoms with E-state index in [2.05, 4.69) is 46.5 Å². The molecule has 0 saturated heterocycles. The quantitative estimate of drug-likeness (QED) is 0.642. The molecule has 1 fully saturated rings. The molecule has 2 heterocycles. The third-order valence-corrected chi connectivity index (χ3v) is 6.39. The van der Waals surface area contributed by atoms with Crippen LogP contribution in [0.5, 0.6) is 5.75 Å². The number of methoxy groups -OCH3 is 1. The summed E-state index contributed by atoms with van der Waals surface area (Å²) >= 11 is 1.26. The summed E-state index contributed by atoms with van der Waals surface area (Å²) in [7, 11) is 1.35. The first-order valence-corrected chi connectivity index (χ1v) is 11.0. The molecule has 1 aromatic heterocycles. The number of benzene rings is 1. The van der Waals surface area contributed by atoms with Crippen molar-refractivity contribution in [2.45, 2.75) is 31.8 Å². The second-order valence-electron chi connectivity index (χ2n) is 8.37. The molecule has 1 aromatic carbocycles. The Labute approximate surface area is 193 Å². The van der Waals surface area contributed by atoms with E-state index in [9.17, 15) is 18.0 Å². The van der Waals surface area contributed by atoms with Crippen LogP contribution >= 0.6 is 11.8 Å². The molecule has 1 aliphatic heterocycles. The van der Waals surface area contributed by atoms with Crippen molar-refractivity contribution in [3.63, 3.8) is 0 Å². The number of hydrogen-bond acceptors (Lipinski definition) is 6. The van der Waals surface area contributed by atoms with Crippen LogP contribution in [0.3, 0.4) is 0 Å². The maximum atomic E-state index is 13.3. The van der Waals surface area contributed by atoms with Gasteiger partial charge < -0.3 is 4.74 Å². The highest BCUT2D eigenvalue weighted by atomic mass is 32.2. The zero-order chi connectivity index (χ0) is 23.8. The Kier molecular flexibility index (Phi) is 6.01. The highest BCUT2D eigenvalue weighted by molar-refractivity contribution is 8.14. The summed E-state index contributed by atoms with van der Waals surface area (Å²) in [5, 5.41) is 6.84. The monoisotopic (exact) mass is 474 g/mol. The van der Waals surface area contributed by atoms with E-state index in [1.165, 1.54) is 43.4 Å². The van der Waals surface area contributed by atoms with E-state index < -0.39 is 17.6 Å². The van der Waals surface area contributed by atoms with Crippen LogP contribution in [-0.4, -0.2) is 28.5 Å². The van der Waals surface area contributed by atoms with Gasteiger partial charge in [-0.25, -0.2) is 0 Å². The molecule has 2 atom stereocenters. The van der Waals surface area contributed by atoms with Gasteiger partial charge in [0.25, 0.3) is 5.91 Å². The number of amidine groups is 1. The van der Waals surface area contributed by atoms with Gasteiger partial charge in [0.05, 0.1) is 18.2 Å². The van der Waals surface area contributed by atoms with Gasteiger partial charge in [-0.2, -0.15) is 18.3 Å². The van der Waals surface area contributed by atoms with E-state index >= 15 is 0 Å². The molecule has 2 unspecified atom stereocenters. The second kappa shape index (κ2) is 8.63. The van der Waals surface area contributed by atoms with Crippen LogP contribution < -0.4 is 15.5 Å². The van der Waals surface area contributed by atoms with Gasteiger partial charge in [-0.3, -0.25) is 20.5 Å². The van der Waals surface area contributed by atoms with Crippen molar-refractivity contribution in [1.29, 1.82) is 0 Å². The number of rotatable bonds is 3. The maximum absolute atomic E-state index is 13.3. The molecule has 1 saturated carbocycles. The number of nitrogens with zero attached hydrogens (tertiary/aromatic N) is 2. The lowest BCUT2D eigenvalue weighted by molar-refractivity contribution is -0.137. The predicted molar refractivity (Wildman–Crippen MR) is 120 cm³/mol. The Morgan fingerprint density at radius 2 is 2.03 bits per heavy atom. The molecule has 1 amide bonds. The number of amides is 1. The number of carbonyl (C=O) groups excluding carboxylic acids is 1. The van der Waals surface area contributed by atoms with E-state index in [-0.39, 0.29) is 33.2 Å². The first kappa shape index (κ1) is 23.0. The highest BCUT2D eigenvalue weighted by Crippen LogP contribution is 2.51. The van der Waals surface area contributed by atoms with Crippen LogP contribution in [0.15, 0.2) is 41.8 Å². The van der Waals surface area contributed by atoms with Gasteiger partial charge in [0.2, 0.25) is 0 Å². The lowest BCUT2D eigenvalue weighted by atomic mass is 9.98. The average Bonchev–Trinajstić information content (AvgIpc) is 3.15. The largest absolute Gasteiger partial charge is 0.496 e. The summed E-state index contributed by atoms with van der Waals surface area (Å²) in [6.07, 6.45) is -0.754. The fraction of sp³-hybridized carbons (Fsp3) is 0.348. The Balaban J connectivity index is 1.53. The maximum Gasteiger partial charge on any atom is 0.416 e. The Morgan fingerprint density at radius 3 is 2.70 bits per heavy atom. The van der Waals surface area contributed by atoms with Gasteiger partial charge in [-0.05, 0) is 47.9 Å². The first-order valence-electron chi connectivity index (χ1n) is 10.1. The van der Waals surface area contributed by atoms with Crippen molar-refractivity contribution in [2.75, 3.05) is 7.11 Å². The molecule has 4 rings (SSSR count). The number of halogens is 3. The summed E-state index contributed by atoms with van der Waals surface area (Å²) in [5.74, 6) is 6.36. The van der Waals surface area contributed by atoms with Crippen molar-refractivity contribution >= 4 is 22.8 Å². The lowest BCUT2D eigenvalue weighted by Gasteiger charge is -2.15. The molecule has 0 radical (unpaired) electrons. The molecule has 2 aliphatic rings. The number of alkyl halides is 3. The minimum atomic E-state index is -4.54. The average molecular weight is 475 g/mol. The van der Waals surface area contributed by atoms with Crippen molar-refractivity contribution in [2.24, 2.45) is 16.4 Å². The number of ether oxygens (including phenoxy) is 1. The number of aromatic nitrogens is 1. The third-order valence-electron chi connectivity index (χ3n) is 5.52. The SMILES string of the molecule is COc1ccc(C(F)(F)F)cc1-c1cnccc1C(=O)NC1=NNC(C#CC2CC2(C)C)S1. The predicted octanol–water partition coefficient (Wildman–Crippen LogP) is 4.49. The molecular formula is C23H21F3N4O2S. The van der Waals surface area contributed by atoms with Crippen molar-refractivity contribution in [3.05, 3.63) is 47.8 Å². The van der Waals surface area contributed by atoms with Crippen LogP contribution in [0, 0.1) is 23.2 Å². The highest BCUT2D eigenvalue weighted by Gasteiger charge is 2.44.